The molecule has 1 amide bonds. The molecule has 1 aromatic carbocycles. The molecule has 0 radical (unpaired) electrons. The number of hydrogen-bond acceptors (Lipinski definition) is 4. The van der Waals surface area contributed by atoms with E-state index >= 15 is 0 Å². The maximum absolute atomic E-state index is 11.6. The SMILES string of the molecule is CSC(N)=Nc1cccc(CNC(=O)OC(C)(C)C)c1. The highest BCUT2D eigenvalue weighted by molar-refractivity contribution is 8.13. The fraction of sp³-hybridized carbons (Fsp3) is 0.429. The van der Waals surface area contributed by atoms with Crippen molar-refractivity contribution in [3.63, 3.8) is 0 Å². The van der Waals surface area contributed by atoms with Crippen LogP contribution in [0.25, 0.3) is 0 Å². The van der Waals surface area contributed by atoms with Crippen LogP contribution in [-0.2, 0) is 11.3 Å². The van der Waals surface area contributed by atoms with Gasteiger partial charge in [-0.25, -0.2) is 9.79 Å². The van der Waals surface area contributed by atoms with Gasteiger partial charge < -0.3 is 15.8 Å². The molecule has 1 rings (SSSR count). The van der Waals surface area contributed by atoms with Gasteiger partial charge in [-0.2, -0.15) is 0 Å². The van der Waals surface area contributed by atoms with Crippen molar-refractivity contribution in [2.45, 2.75) is 32.9 Å². The second-order valence-corrected chi connectivity index (χ2v) is 6.01. The molecule has 0 aromatic heterocycles. The summed E-state index contributed by atoms with van der Waals surface area (Å²) in [6, 6.07) is 7.52. The number of amides is 1. The van der Waals surface area contributed by atoms with Crippen molar-refractivity contribution < 1.29 is 9.53 Å². The molecule has 0 atom stereocenters. The standard InChI is InChI=1S/C14H21N3O2S/c1-14(2,3)19-13(18)16-9-10-6-5-7-11(8-10)17-12(15)20-4/h5-8H,9H2,1-4H3,(H2,15,17)(H,16,18). The largest absolute Gasteiger partial charge is 0.444 e. The van der Waals surface area contributed by atoms with E-state index in [9.17, 15) is 4.79 Å². The van der Waals surface area contributed by atoms with E-state index in [0.717, 1.165) is 11.3 Å². The van der Waals surface area contributed by atoms with Gasteiger partial charge in [0.25, 0.3) is 0 Å². The zero-order valence-electron chi connectivity index (χ0n) is 12.3. The van der Waals surface area contributed by atoms with Crippen LogP contribution in [0.3, 0.4) is 0 Å². The van der Waals surface area contributed by atoms with Crippen LogP contribution in [0.2, 0.25) is 0 Å². The van der Waals surface area contributed by atoms with Gasteiger partial charge in [0.15, 0.2) is 5.17 Å². The van der Waals surface area contributed by atoms with Gasteiger partial charge in [-0.3, -0.25) is 0 Å². The Kier molecular flexibility index (Phi) is 5.88. The van der Waals surface area contributed by atoms with Crippen LogP contribution in [0.15, 0.2) is 29.3 Å². The minimum absolute atomic E-state index is 0.386. The van der Waals surface area contributed by atoms with E-state index < -0.39 is 11.7 Å². The van der Waals surface area contributed by atoms with Crippen molar-refractivity contribution in [2.75, 3.05) is 6.26 Å². The van der Waals surface area contributed by atoms with Gasteiger partial charge in [0, 0.05) is 6.54 Å². The predicted octanol–water partition coefficient (Wildman–Crippen LogP) is 3.02. The lowest BCUT2D eigenvalue weighted by Gasteiger charge is -2.19. The van der Waals surface area contributed by atoms with Crippen molar-refractivity contribution in [2.24, 2.45) is 10.7 Å². The Bertz CT molecular complexity index is 495. The number of aliphatic imine (C=N–C) groups is 1. The summed E-state index contributed by atoms with van der Waals surface area (Å²) in [5.41, 5.74) is 6.87. The first kappa shape index (κ1) is 16.4. The van der Waals surface area contributed by atoms with Crippen LogP contribution in [0, 0.1) is 0 Å². The molecule has 1 aromatic rings. The Balaban J connectivity index is 2.61. The third-order valence-electron chi connectivity index (χ3n) is 2.19. The molecule has 20 heavy (non-hydrogen) atoms. The maximum atomic E-state index is 11.6. The lowest BCUT2D eigenvalue weighted by Crippen LogP contribution is -2.32. The summed E-state index contributed by atoms with van der Waals surface area (Å²) in [5.74, 6) is 0. The third kappa shape index (κ3) is 6.47. The summed E-state index contributed by atoms with van der Waals surface area (Å²) in [4.78, 5) is 15.8. The lowest BCUT2D eigenvalue weighted by atomic mass is 10.2. The first-order chi connectivity index (χ1) is 9.30. The van der Waals surface area contributed by atoms with E-state index in [-0.39, 0.29) is 0 Å². The van der Waals surface area contributed by atoms with Crippen LogP contribution >= 0.6 is 11.8 Å². The summed E-state index contributed by atoms with van der Waals surface area (Å²) >= 11 is 1.39. The monoisotopic (exact) mass is 295 g/mol. The Morgan fingerprint density at radius 2 is 2.15 bits per heavy atom. The number of amidine groups is 1. The first-order valence-corrected chi connectivity index (χ1v) is 7.46. The second-order valence-electron chi connectivity index (χ2n) is 5.18. The quantitative estimate of drug-likeness (QED) is 0.664. The molecule has 0 unspecified atom stereocenters. The van der Waals surface area contributed by atoms with Crippen LogP contribution in [0.1, 0.15) is 26.3 Å². The molecule has 0 bridgehead atoms. The third-order valence-corrected chi connectivity index (χ3v) is 2.70. The van der Waals surface area contributed by atoms with Gasteiger partial charge in [0.2, 0.25) is 0 Å². The summed E-state index contributed by atoms with van der Waals surface area (Å²) < 4.78 is 5.17. The molecule has 0 spiro atoms. The number of ether oxygens (including phenoxy) is 1. The summed E-state index contributed by atoms with van der Waals surface area (Å²) in [6.45, 7) is 5.87. The van der Waals surface area contributed by atoms with Gasteiger partial charge in [0.05, 0.1) is 5.69 Å². The molecule has 6 heteroatoms. The van der Waals surface area contributed by atoms with Gasteiger partial charge >= 0.3 is 6.09 Å². The van der Waals surface area contributed by atoms with Crippen molar-refractivity contribution in [1.29, 1.82) is 0 Å². The Labute approximate surface area is 124 Å². The highest BCUT2D eigenvalue weighted by atomic mass is 32.2. The van der Waals surface area contributed by atoms with Crippen molar-refractivity contribution in [1.82, 2.24) is 5.32 Å². The predicted molar refractivity (Wildman–Crippen MR) is 84.3 cm³/mol. The second kappa shape index (κ2) is 7.19. The lowest BCUT2D eigenvalue weighted by molar-refractivity contribution is 0.0523. The molecule has 0 saturated heterocycles. The zero-order chi connectivity index (χ0) is 15.2. The number of alkyl carbamates (subject to hydrolysis) is 1. The first-order valence-electron chi connectivity index (χ1n) is 6.24. The molecular formula is C14H21N3O2S. The number of rotatable bonds is 3. The Morgan fingerprint density at radius 1 is 1.45 bits per heavy atom. The fourth-order valence-electron chi connectivity index (χ4n) is 1.40. The zero-order valence-corrected chi connectivity index (χ0v) is 13.1. The van der Waals surface area contributed by atoms with Gasteiger partial charge in [0.1, 0.15) is 5.60 Å². The minimum atomic E-state index is -0.497. The van der Waals surface area contributed by atoms with Gasteiger partial charge in [-0.1, -0.05) is 23.9 Å². The number of benzene rings is 1. The van der Waals surface area contributed by atoms with E-state index in [4.69, 9.17) is 10.5 Å². The van der Waals surface area contributed by atoms with Crippen molar-refractivity contribution in [3.05, 3.63) is 29.8 Å². The number of nitrogens with two attached hydrogens (primary N) is 1. The van der Waals surface area contributed by atoms with E-state index in [1.807, 2.05) is 51.3 Å². The van der Waals surface area contributed by atoms with Crippen LogP contribution in [0.5, 0.6) is 0 Å². The highest BCUT2D eigenvalue weighted by Gasteiger charge is 2.15. The van der Waals surface area contributed by atoms with E-state index in [1.165, 1.54) is 11.8 Å². The van der Waals surface area contributed by atoms with Crippen molar-refractivity contribution >= 4 is 28.7 Å². The molecule has 110 valence electrons. The smallest absolute Gasteiger partial charge is 0.407 e. The highest BCUT2D eigenvalue weighted by Crippen LogP contribution is 2.15. The topological polar surface area (TPSA) is 76.7 Å². The number of carbonyl (C=O) groups is 1. The molecule has 0 saturated carbocycles. The number of thioether (sulfide) groups is 1. The van der Waals surface area contributed by atoms with Crippen LogP contribution in [0.4, 0.5) is 10.5 Å². The Morgan fingerprint density at radius 3 is 2.75 bits per heavy atom. The van der Waals surface area contributed by atoms with Gasteiger partial charge in [-0.05, 0) is 44.7 Å². The molecule has 3 N–H and O–H groups in total. The minimum Gasteiger partial charge on any atom is -0.444 e. The van der Waals surface area contributed by atoms with Crippen LogP contribution in [-0.4, -0.2) is 23.1 Å². The van der Waals surface area contributed by atoms with E-state index in [0.29, 0.717) is 11.7 Å². The summed E-state index contributed by atoms with van der Waals surface area (Å²) in [7, 11) is 0. The number of nitrogens with one attached hydrogen (secondary N) is 1. The summed E-state index contributed by atoms with van der Waals surface area (Å²) in [5, 5.41) is 3.21. The van der Waals surface area contributed by atoms with E-state index in [2.05, 4.69) is 10.3 Å². The number of nitrogens with zero attached hydrogens (tertiary/aromatic N) is 1. The molecule has 0 fully saturated rings. The molecule has 0 aliphatic carbocycles. The molecule has 0 aliphatic rings. The van der Waals surface area contributed by atoms with Crippen molar-refractivity contribution in [3.8, 4) is 0 Å². The normalized spacial score (nSPS) is 12.1. The van der Waals surface area contributed by atoms with E-state index in [1.54, 1.807) is 0 Å². The Hall–Kier alpha value is -1.69. The average molecular weight is 295 g/mol. The molecule has 0 heterocycles. The maximum Gasteiger partial charge on any atom is 0.407 e. The number of carbonyl (C=O) groups excluding carboxylic acids is 1. The summed E-state index contributed by atoms with van der Waals surface area (Å²) in [6.07, 6.45) is 1.43. The fourth-order valence-corrected chi connectivity index (χ4v) is 1.59. The molecule has 0 aliphatic heterocycles. The number of hydrogen-bond donors (Lipinski definition) is 2. The molecule has 5 nitrogen and oxygen atoms in total. The molecular weight excluding hydrogens is 274 g/mol. The van der Waals surface area contributed by atoms with Gasteiger partial charge in [-0.15, -0.1) is 0 Å². The average Bonchev–Trinajstić information content (AvgIpc) is 2.34. The van der Waals surface area contributed by atoms with Crippen LogP contribution < -0.4 is 11.1 Å².